The van der Waals surface area contributed by atoms with E-state index in [4.69, 9.17) is 18.6 Å². The Morgan fingerprint density at radius 3 is 2.62 bits per heavy atom. The molecule has 0 radical (unpaired) electrons. The lowest BCUT2D eigenvalue weighted by Crippen LogP contribution is -2.31. The Hall–Kier alpha value is -4.31. The van der Waals surface area contributed by atoms with E-state index in [1.807, 2.05) is 19.9 Å². The monoisotopic (exact) mass is 548 g/mol. The van der Waals surface area contributed by atoms with Crippen LogP contribution in [0.15, 0.2) is 64.3 Å². The number of hydrogen-bond acceptors (Lipinski definition) is 9. The molecule has 4 aromatic rings. The van der Waals surface area contributed by atoms with Gasteiger partial charge in [0.1, 0.15) is 11.5 Å². The van der Waals surface area contributed by atoms with Crippen LogP contribution in [0.1, 0.15) is 48.2 Å². The molecular weight excluding hydrogens is 520 g/mol. The van der Waals surface area contributed by atoms with Gasteiger partial charge in [0.05, 0.1) is 42.2 Å². The number of benzene rings is 2. The number of aromatic nitrogens is 1. The van der Waals surface area contributed by atoms with Gasteiger partial charge >= 0.3 is 0 Å². The van der Waals surface area contributed by atoms with E-state index in [0.29, 0.717) is 52.4 Å². The van der Waals surface area contributed by atoms with Crippen molar-refractivity contribution < 1.29 is 33.3 Å². The van der Waals surface area contributed by atoms with Gasteiger partial charge in [0.2, 0.25) is 5.78 Å². The third-order valence-corrected chi connectivity index (χ3v) is 7.27. The van der Waals surface area contributed by atoms with Crippen LogP contribution in [0.4, 0.5) is 5.13 Å². The predicted molar refractivity (Wildman–Crippen MR) is 147 cm³/mol. The number of fused-ring (bicyclic) bond motifs is 1. The fourth-order valence-corrected chi connectivity index (χ4v) is 5.48. The summed E-state index contributed by atoms with van der Waals surface area (Å²) in [6.07, 6.45) is 0.818. The summed E-state index contributed by atoms with van der Waals surface area (Å²) in [6, 6.07) is 12.8. The van der Waals surface area contributed by atoms with Gasteiger partial charge in [0, 0.05) is 0 Å². The third-order valence-electron chi connectivity index (χ3n) is 6.25. The SMILES string of the molecule is CCCOc1ccc(C2C(C(=O)c3ccc(C)o3)=C(O)C(=O)N2c2nc3ccc(OC)cc3s2)cc1OCC. The molecule has 1 aliphatic rings. The number of ketones is 1. The van der Waals surface area contributed by atoms with Crippen LogP contribution in [0.5, 0.6) is 17.2 Å². The van der Waals surface area contributed by atoms with E-state index in [1.54, 1.807) is 50.4 Å². The van der Waals surface area contributed by atoms with Crippen LogP contribution in [0, 0.1) is 6.92 Å². The van der Waals surface area contributed by atoms with Crippen molar-refractivity contribution in [3.05, 3.63) is 76.9 Å². The minimum absolute atomic E-state index is 0.0238. The lowest BCUT2D eigenvalue weighted by molar-refractivity contribution is -0.117. The standard InChI is InChI=1S/C29H28N2O7S/c1-5-13-37-20-12-8-17(14-22(20)36-6-2)25-24(26(32)21-11-7-16(3)38-21)27(33)28(34)31(25)29-30-19-10-9-18(35-4)15-23(19)39-29/h7-12,14-15,25,33H,5-6,13H2,1-4H3. The number of aryl methyl sites for hydroxylation is 1. The highest BCUT2D eigenvalue weighted by molar-refractivity contribution is 7.22. The number of thiazole rings is 1. The Kier molecular flexibility index (Phi) is 7.30. The van der Waals surface area contributed by atoms with E-state index in [1.165, 1.54) is 22.3 Å². The number of furan rings is 1. The molecule has 0 aliphatic carbocycles. The first-order valence-electron chi connectivity index (χ1n) is 12.6. The fourth-order valence-electron chi connectivity index (χ4n) is 4.46. The van der Waals surface area contributed by atoms with E-state index < -0.39 is 23.5 Å². The molecule has 0 bridgehead atoms. The van der Waals surface area contributed by atoms with E-state index >= 15 is 0 Å². The number of amides is 1. The van der Waals surface area contributed by atoms with Gasteiger partial charge in [-0.1, -0.05) is 24.3 Å². The van der Waals surface area contributed by atoms with Gasteiger partial charge in [-0.05, 0) is 68.3 Å². The fraction of sp³-hybridized carbons (Fsp3) is 0.276. The molecular formula is C29H28N2O7S. The molecule has 39 heavy (non-hydrogen) atoms. The number of rotatable bonds is 10. The van der Waals surface area contributed by atoms with Crippen LogP contribution < -0.4 is 19.1 Å². The molecule has 10 heteroatoms. The van der Waals surface area contributed by atoms with E-state index in [9.17, 15) is 14.7 Å². The minimum atomic E-state index is -0.989. The number of aliphatic hydroxyl groups is 1. The first-order chi connectivity index (χ1) is 18.9. The zero-order valence-corrected chi connectivity index (χ0v) is 22.8. The molecule has 2 aromatic heterocycles. The van der Waals surface area contributed by atoms with Crippen molar-refractivity contribution in [2.24, 2.45) is 0 Å². The summed E-state index contributed by atoms with van der Waals surface area (Å²) in [7, 11) is 1.57. The summed E-state index contributed by atoms with van der Waals surface area (Å²) in [5.74, 6) is 0.250. The van der Waals surface area contributed by atoms with Crippen molar-refractivity contribution in [3.8, 4) is 17.2 Å². The first-order valence-corrected chi connectivity index (χ1v) is 13.4. The number of anilines is 1. The Morgan fingerprint density at radius 1 is 1.10 bits per heavy atom. The molecule has 0 fully saturated rings. The van der Waals surface area contributed by atoms with Crippen molar-refractivity contribution >= 4 is 38.4 Å². The predicted octanol–water partition coefficient (Wildman–Crippen LogP) is 6.18. The quantitative estimate of drug-likeness (QED) is 0.234. The second-order valence-corrected chi connectivity index (χ2v) is 9.91. The van der Waals surface area contributed by atoms with Gasteiger partial charge in [-0.2, -0.15) is 0 Å². The van der Waals surface area contributed by atoms with E-state index in [0.717, 1.165) is 11.1 Å². The molecule has 1 amide bonds. The maximum absolute atomic E-state index is 13.7. The highest BCUT2D eigenvalue weighted by atomic mass is 32.1. The number of aliphatic hydroxyl groups excluding tert-OH is 1. The van der Waals surface area contributed by atoms with Crippen LogP contribution in [0.25, 0.3) is 10.2 Å². The van der Waals surface area contributed by atoms with Gasteiger partial charge in [-0.3, -0.25) is 14.5 Å². The summed E-state index contributed by atoms with van der Waals surface area (Å²) in [5.41, 5.74) is 1.10. The minimum Gasteiger partial charge on any atom is -0.503 e. The summed E-state index contributed by atoms with van der Waals surface area (Å²) in [6.45, 7) is 6.47. The zero-order valence-electron chi connectivity index (χ0n) is 22.0. The number of methoxy groups -OCH3 is 1. The van der Waals surface area contributed by atoms with Crippen molar-refractivity contribution in [1.29, 1.82) is 0 Å². The van der Waals surface area contributed by atoms with Crippen molar-refractivity contribution in [3.63, 3.8) is 0 Å². The van der Waals surface area contributed by atoms with Gasteiger partial charge in [0.15, 0.2) is 28.1 Å². The summed E-state index contributed by atoms with van der Waals surface area (Å²) >= 11 is 1.26. The maximum Gasteiger partial charge on any atom is 0.296 e. The van der Waals surface area contributed by atoms with Crippen LogP contribution in [-0.4, -0.2) is 42.1 Å². The summed E-state index contributed by atoms with van der Waals surface area (Å²) in [5, 5.41) is 11.4. The molecule has 3 heterocycles. The van der Waals surface area contributed by atoms with Gasteiger partial charge in [-0.25, -0.2) is 4.98 Å². The normalized spacial score (nSPS) is 15.3. The largest absolute Gasteiger partial charge is 0.503 e. The number of nitrogens with zero attached hydrogens (tertiary/aromatic N) is 2. The lowest BCUT2D eigenvalue weighted by Gasteiger charge is -2.25. The molecule has 0 spiro atoms. The first kappa shape index (κ1) is 26.3. The maximum atomic E-state index is 13.7. The average Bonchev–Trinajstić information content (AvgIpc) is 3.63. The van der Waals surface area contributed by atoms with Crippen molar-refractivity contribution in [2.45, 2.75) is 33.2 Å². The second kappa shape index (κ2) is 10.8. The number of hydrogen-bond donors (Lipinski definition) is 1. The van der Waals surface area contributed by atoms with Crippen LogP contribution >= 0.6 is 11.3 Å². The summed E-state index contributed by atoms with van der Waals surface area (Å²) in [4.78, 5) is 33.3. The smallest absolute Gasteiger partial charge is 0.296 e. The Balaban J connectivity index is 1.66. The van der Waals surface area contributed by atoms with Crippen molar-refractivity contribution in [2.75, 3.05) is 25.2 Å². The Morgan fingerprint density at radius 2 is 1.92 bits per heavy atom. The Bertz CT molecular complexity index is 1590. The Labute approximate surface area is 229 Å². The highest BCUT2D eigenvalue weighted by Crippen LogP contribution is 2.46. The lowest BCUT2D eigenvalue weighted by atomic mass is 9.95. The molecule has 9 nitrogen and oxygen atoms in total. The molecule has 0 saturated heterocycles. The van der Waals surface area contributed by atoms with Crippen LogP contribution in [0.3, 0.4) is 0 Å². The highest BCUT2D eigenvalue weighted by Gasteiger charge is 2.46. The van der Waals surface area contributed by atoms with Crippen molar-refractivity contribution in [1.82, 2.24) is 4.98 Å². The molecule has 1 N–H and O–H groups in total. The molecule has 1 unspecified atom stereocenters. The van der Waals surface area contributed by atoms with Crippen LogP contribution in [-0.2, 0) is 4.79 Å². The number of Topliss-reactive ketones (excluding diaryl/α,β-unsaturated/α-hetero) is 1. The third kappa shape index (κ3) is 4.83. The molecule has 5 rings (SSSR count). The van der Waals surface area contributed by atoms with Crippen LogP contribution in [0.2, 0.25) is 0 Å². The number of carbonyl (C=O) groups is 2. The second-order valence-electron chi connectivity index (χ2n) is 8.90. The average molecular weight is 549 g/mol. The molecule has 1 atom stereocenters. The molecule has 2 aromatic carbocycles. The topological polar surface area (TPSA) is 111 Å². The van der Waals surface area contributed by atoms with E-state index in [2.05, 4.69) is 4.98 Å². The number of ether oxygens (including phenoxy) is 3. The zero-order chi connectivity index (χ0) is 27.7. The van der Waals surface area contributed by atoms with Gasteiger partial charge in [-0.15, -0.1) is 0 Å². The molecule has 0 saturated carbocycles. The number of carbonyl (C=O) groups excluding carboxylic acids is 2. The molecule has 1 aliphatic heterocycles. The van der Waals surface area contributed by atoms with Gasteiger partial charge < -0.3 is 23.7 Å². The summed E-state index contributed by atoms with van der Waals surface area (Å²) < 4.78 is 23.4. The van der Waals surface area contributed by atoms with E-state index in [-0.39, 0.29) is 11.3 Å². The molecule has 202 valence electrons. The van der Waals surface area contributed by atoms with Gasteiger partial charge in [0.25, 0.3) is 5.91 Å².